The standard InChI is InChI=1S/C22H21N3O2S/c1-25-12-11-18-19-13-16(9-10-20(19)23-21(18)14-25)24-28(26,27)22-8-4-6-15-5-2-3-7-17(15)22/h2-10,13,23-24H,11-12,14H2,1H3. The van der Waals surface area contributed by atoms with Crippen molar-refractivity contribution in [1.82, 2.24) is 9.88 Å². The minimum absolute atomic E-state index is 0.295. The topological polar surface area (TPSA) is 65.2 Å². The number of nitrogens with zero attached hydrogens (tertiary/aromatic N) is 1. The van der Waals surface area contributed by atoms with E-state index in [1.165, 1.54) is 11.3 Å². The SMILES string of the molecule is CN1CCc2c([nH]c3ccc(NS(=O)(=O)c4cccc5ccccc45)cc23)C1. The van der Waals surface area contributed by atoms with Crippen molar-refractivity contribution in [1.29, 1.82) is 0 Å². The van der Waals surface area contributed by atoms with Crippen LogP contribution < -0.4 is 4.72 Å². The first-order valence-corrected chi connectivity index (χ1v) is 10.8. The summed E-state index contributed by atoms with van der Waals surface area (Å²) in [6, 6.07) is 18.6. The summed E-state index contributed by atoms with van der Waals surface area (Å²) >= 11 is 0. The summed E-state index contributed by atoms with van der Waals surface area (Å²) in [5.41, 5.74) is 4.15. The van der Waals surface area contributed by atoms with Crippen molar-refractivity contribution in [3.63, 3.8) is 0 Å². The molecule has 0 spiro atoms. The van der Waals surface area contributed by atoms with E-state index in [2.05, 4.69) is 21.7 Å². The molecule has 0 saturated heterocycles. The Labute approximate surface area is 164 Å². The second-order valence-electron chi connectivity index (χ2n) is 7.41. The number of hydrogen-bond donors (Lipinski definition) is 2. The first-order chi connectivity index (χ1) is 13.5. The van der Waals surface area contributed by atoms with E-state index in [1.54, 1.807) is 12.1 Å². The van der Waals surface area contributed by atoms with Gasteiger partial charge in [0.05, 0.1) is 4.90 Å². The van der Waals surface area contributed by atoms with E-state index in [1.807, 2.05) is 48.5 Å². The van der Waals surface area contributed by atoms with Crippen LogP contribution in [0.15, 0.2) is 65.6 Å². The molecular weight excluding hydrogens is 370 g/mol. The van der Waals surface area contributed by atoms with E-state index in [0.29, 0.717) is 10.6 Å². The van der Waals surface area contributed by atoms with Crippen LogP contribution in [0.25, 0.3) is 21.7 Å². The molecule has 0 radical (unpaired) electrons. The van der Waals surface area contributed by atoms with Crippen LogP contribution in [0.3, 0.4) is 0 Å². The van der Waals surface area contributed by atoms with E-state index < -0.39 is 10.0 Å². The fourth-order valence-corrected chi connectivity index (χ4v) is 5.36. The van der Waals surface area contributed by atoms with Gasteiger partial charge in [-0.15, -0.1) is 0 Å². The number of likely N-dealkylation sites (N-methyl/N-ethyl adjacent to an activating group) is 1. The predicted octanol–water partition coefficient (Wildman–Crippen LogP) is 4.11. The van der Waals surface area contributed by atoms with Gasteiger partial charge in [-0.25, -0.2) is 8.42 Å². The Morgan fingerprint density at radius 3 is 2.71 bits per heavy atom. The van der Waals surface area contributed by atoms with Crippen LogP contribution in [-0.4, -0.2) is 31.9 Å². The monoisotopic (exact) mass is 391 g/mol. The molecule has 2 heterocycles. The molecule has 142 valence electrons. The Morgan fingerprint density at radius 1 is 1.00 bits per heavy atom. The molecule has 3 aromatic carbocycles. The molecule has 2 N–H and O–H groups in total. The highest BCUT2D eigenvalue weighted by molar-refractivity contribution is 7.93. The molecule has 1 aliphatic heterocycles. The van der Waals surface area contributed by atoms with Gasteiger partial charge in [-0.2, -0.15) is 0 Å². The smallest absolute Gasteiger partial charge is 0.262 e. The van der Waals surface area contributed by atoms with Crippen molar-refractivity contribution in [3.05, 3.63) is 71.9 Å². The molecular formula is C22H21N3O2S. The fourth-order valence-electron chi connectivity index (χ4n) is 4.08. The van der Waals surface area contributed by atoms with Gasteiger partial charge in [-0.1, -0.05) is 36.4 Å². The summed E-state index contributed by atoms with van der Waals surface area (Å²) in [4.78, 5) is 6.05. The number of anilines is 1. The van der Waals surface area contributed by atoms with Crippen molar-refractivity contribution < 1.29 is 8.42 Å². The number of H-pyrrole nitrogens is 1. The third-order valence-corrected chi connectivity index (χ3v) is 6.90. The third-order valence-electron chi connectivity index (χ3n) is 5.46. The lowest BCUT2D eigenvalue weighted by Crippen LogP contribution is -2.26. The average molecular weight is 391 g/mol. The van der Waals surface area contributed by atoms with Crippen molar-refractivity contribution in [2.75, 3.05) is 18.3 Å². The second kappa shape index (κ2) is 6.36. The van der Waals surface area contributed by atoms with Crippen LogP contribution in [0.5, 0.6) is 0 Å². The molecule has 5 rings (SSSR count). The Kier molecular flexibility index (Phi) is 3.92. The highest BCUT2D eigenvalue weighted by atomic mass is 32.2. The first kappa shape index (κ1) is 17.3. The number of nitrogens with one attached hydrogen (secondary N) is 2. The maximum atomic E-state index is 13.1. The maximum absolute atomic E-state index is 13.1. The summed E-state index contributed by atoms with van der Waals surface area (Å²) in [5.74, 6) is 0. The van der Waals surface area contributed by atoms with E-state index in [0.717, 1.165) is 41.2 Å². The van der Waals surface area contributed by atoms with E-state index in [-0.39, 0.29) is 0 Å². The Hall–Kier alpha value is -2.83. The fraction of sp³-hybridized carbons (Fsp3) is 0.182. The molecule has 6 heteroatoms. The first-order valence-electron chi connectivity index (χ1n) is 9.34. The number of hydrogen-bond acceptors (Lipinski definition) is 3. The van der Waals surface area contributed by atoms with Crippen molar-refractivity contribution in [2.45, 2.75) is 17.9 Å². The van der Waals surface area contributed by atoms with Gasteiger partial charge in [0.2, 0.25) is 0 Å². The minimum Gasteiger partial charge on any atom is -0.357 e. The molecule has 1 aliphatic rings. The Balaban J connectivity index is 1.55. The molecule has 5 nitrogen and oxygen atoms in total. The summed E-state index contributed by atoms with van der Waals surface area (Å²) < 4.78 is 29.0. The quantitative estimate of drug-likeness (QED) is 0.552. The molecule has 1 aromatic heterocycles. The number of rotatable bonds is 3. The van der Waals surface area contributed by atoms with Gasteiger partial charge in [-0.05, 0) is 48.7 Å². The highest BCUT2D eigenvalue weighted by Crippen LogP contribution is 2.31. The third kappa shape index (κ3) is 2.85. The molecule has 0 unspecified atom stereocenters. The van der Waals surface area contributed by atoms with Crippen molar-refractivity contribution in [3.8, 4) is 0 Å². The number of benzene rings is 3. The molecule has 0 fully saturated rings. The van der Waals surface area contributed by atoms with E-state index >= 15 is 0 Å². The number of sulfonamides is 1. The lowest BCUT2D eigenvalue weighted by molar-refractivity contribution is 0.310. The van der Waals surface area contributed by atoms with Crippen molar-refractivity contribution in [2.24, 2.45) is 0 Å². The Bertz CT molecular complexity index is 1300. The highest BCUT2D eigenvalue weighted by Gasteiger charge is 2.20. The molecule has 4 aromatic rings. The van der Waals surface area contributed by atoms with Gasteiger partial charge in [-0.3, -0.25) is 4.72 Å². The van der Waals surface area contributed by atoms with E-state index in [4.69, 9.17) is 0 Å². The van der Waals surface area contributed by atoms with Crippen LogP contribution in [0, 0.1) is 0 Å². The number of aromatic amines is 1. The summed E-state index contributed by atoms with van der Waals surface area (Å²) in [7, 11) is -1.58. The lowest BCUT2D eigenvalue weighted by atomic mass is 10.0. The van der Waals surface area contributed by atoms with Crippen LogP contribution in [0.1, 0.15) is 11.3 Å². The molecule has 0 bridgehead atoms. The second-order valence-corrected chi connectivity index (χ2v) is 9.06. The largest absolute Gasteiger partial charge is 0.357 e. The zero-order chi connectivity index (χ0) is 19.3. The predicted molar refractivity (Wildman–Crippen MR) is 113 cm³/mol. The van der Waals surface area contributed by atoms with Crippen LogP contribution in [0.2, 0.25) is 0 Å². The Morgan fingerprint density at radius 2 is 1.82 bits per heavy atom. The van der Waals surface area contributed by atoms with Gasteiger partial charge in [0.25, 0.3) is 10.0 Å². The van der Waals surface area contributed by atoms with Crippen LogP contribution >= 0.6 is 0 Å². The maximum Gasteiger partial charge on any atom is 0.262 e. The van der Waals surface area contributed by atoms with Gasteiger partial charge in [0.15, 0.2) is 0 Å². The number of fused-ring (bicyclic) bond motifs is 4. The van der Waals surface area contributed by atoms with E-state index in [9.17, 15) is 8.42 Å². The normalized spacial score (nSPS) is 15.0. The summed E-state index contributed by atoms with van der Waals surface area (Å²) in [5, 5.41) is 2.73. The van der Waals surface area contributed by atoms with Gasteiger partial charge in [0, 0.05) is 40.8 Å². The summed E-state index contributed by atoms with van der Waals surface area (Å²) in [6.07, 6.45) is 0.964. The van der Waals surface area contributed by atoms with Crippen LogP contribution in [-0.2, 0) is 23.0 Å². The van der Waals surface area contributed by atoms with Crippen LogP contribution in [0.4, 0.5) is 5.69 Å². The summed E-state index contributed by atoms with van der Waals surface area (Å²) in [6.45, 7) is 1.90. The zero-order valence-electron chi connectivity index (χ0n) is 15.6. The molecule has 0 amide bonds. The van der Waals surface area contributed by atoms with Gasteiger partial charge < -0.3 is 9.88 Å². The average Bonchev–Trinajstić information content (AvgIpc) is 3.04. The minimum atomic E-state index is -3.69. The molecule has 0 saturated carbocycles. The molecule has 0 atom stereocenters. The lowest BCUT2D eigenvalue weighted by Gasteiger charge is -2.22. The zero-order valence-corrected chi connectivity index (χ0v) is 16.4. The van der Waals surface area contributed by atoms with Gasteiger partial charge in [0.1, 0.15) is 0 Å². The molecule has 0 aliphatic carbocycles. The molecule has 28 heavy (non-hydrogen) atoms. The van der Waals surface area contributed by atoms with Crippen molar-refractivity contribution >= 4 is 37.4 Å². The number of aromatic nitrogens is 1. The van der Waals surface area contributed by atoms with Gasteiger partial charge >= 0.3 is 0 Å².